The van der Waals surface area contributed by atoms with Crippen molar-refractivity contribution >= 4 is 17.5 Å². The van der Waals surface area contributed by atoms with E-state index in [2.05, 4.69) is 5.32 Å². The zero-order valence-corrected chi connectivity index (χ0v) is 15.2. The van der Waals surface area contributed by atoms with Crippen LogP contribution >= 0.6 is 0 Å². The van der Waals surface area contributed by atoms with Crippen LogP contribution in [0.4, 0.5) is 5.69 Å². The Hall–Kier alpha value is -3.34. The lowest BCUT2D eigenvalue weighted by Crippen LogP contribution is -2.30. The number of hydrogen-bond donors (Lipinski definition) is 1. The molecular weight excluding hydrogens is 340 g/mol. The Morgan fingerprint density at radius 2 is 1.67 bits per heavy atom. The Balaban J connectivity index is 1.83. The summed E-state index contributed by atoms with van der Waals surface area (Å²) in [5.74, 6) is 0.0655. The first kappa shape index (κ1) is 18.5. The molecule has 0 atom stereocenters. The molecule has 0 bridgehead atoms. The highest BCUT2D eigenvalue weighted by molar-refractivity contribution is 6.04. The fourth-order valence-corrected chi connectivity index (χ4v) is 2.82. The van der Waals surface area contributed by atoms with Gasteiger partial charge in [0.05, 0.1) is 19.2 Å². The van der Waals surface area contributed by atoms with Gasteiger partial charge in [-0.3, -0.25) is 9.59 Å². The quantitative estimate of drug-likeness (QED) is 0.695. The summed E-state index contributed by atoms with van der Waals surface area (Å²) in [5, 5.41) is 2.78. The average molecular weight is 362 g/mol. The van der Waals surface area contributed by atoms with E-state index in [1.807, 2.05) is 61.5 Å². The van der Waals surface area contributed by atoms with Gasteiger partial charge in [0, 0.05) is 12.2 Å². The maximum atomic E-state index is 12.9. The van der Waals surface area contributed by atoms with Crippen molar-refractivity contribution in [3.63, 3.8) is 0 Å². The Labute approximate surface area is 158 Å². The fourth-order valence-electron chi connectivity index (χ4n) is 2.82. The van der Waals surface area contributed by atoms with E-state index >= 15 is 0 Å². The van der Waals surface area contributed by atoms with Crippen LogP contribution in [-0.2, 0) is 17.8 Å². The lowest BCUT2D eigenvalue weighted by Gasteiger charge is -2.22. The second-order valence-electron chi connectivity index (χ2n) is 6.15. The zero-order chi connectivity index (χ0) is 19.1. The smallest absolute Gasteiger partial charge is 0.294 e. The molecule has 1 heterocycles. The predicted molar refractivity (Wildman–Crippen MR) is 104 cm³/mol. The molecule has 0 aliphatic carbocycles. The summed E-state index contributed by atoms with van der Waals surface area (Å²) in [6, 6.07) is 20.6. The average Bonchev–Trinajstić information content (AvgIpc) is 3.22. The number of furan rings is 1. The van der Waals surface area contributed by atoms with Crippen LogP contribution in [0.3, 0.4) is 0 Å². The van der Waals surface area contributed by atoms with Crippen LogP contribution in [0, 0.1) is 0 Å². The molecule has 1 aromatic heterocycles. The van der Waals surface area contributed by atoms with Gasteiger partial charge in [-0.05, 0) is 42.3 Å². The first-order chi connectivity index (χ1) is 13.2. The summed E-state index contributed by atoms with van der Waals surface area (Å²) in [7, 11) is 0. The summed E-state index contributed by atoms with van der Waals surface area (Å²) >= 11 is 0. The van der Waals surface area contributed by atoms with Gasteiger partial charge in [0.1, 0.15) is 0 Å². The molecule has 0 fully saturated rings. The Bertz CT molecular complexity index is 872. The third-order valence-electron chi connectivity index (χ3n) is 4.15. The molecule has 0 spiro atoms. The number of anilines is 1. The standard InChI is InChI=1S/C22H22N2O3/c1-2-23-21(25)15-17-10-12-19(13-11-17)24(16-18-7-4-3-5-8-18)22(26)20-9-6-14-27-20/h3-14H,2,15-16H2,1H3,(H,23,25). The van der Waals surface area contributed by atoms with Crippen LogP contribution in [0.15, 0.2) is 77.4 Å². The molecule has 138 valence electrons. The molecular formula is C22H22N2O3. The fraction of sp³-hybridized carbons (Fsp3) is 0.182. The lowest BCUT2D eigenvalue weighted by atomic mass is 10.1. The van der Waals surface area contributed by atoms with Gasteiger partial charge >= 0.3 is 0 Å². The van der Waals surface area contributed by atoms with Gasteiger partial charge in [-0.1, -0.05) is 42.5 Å². The van der Waals surface area contributed by atoms with Gasteiger partial charge in [0.25, 0.3) is 5.91 Å². The molecule has 3 aromatic rings. The van der Waals surface area contributed by atoms with Crippen molar-refractivity contribution in [3.05, 3.63) is 89.9 Å². The lowest BCUT2D eigenvalue weighted by molar-refractivity contribution is -0.120. The van der Waals surface area contributed by atoms with Crippen molar-refractivity contribution in [1.29, 1.82) is 0 Å². The molecule has 5 nitrogen and oxygen atoms in total. The van der Waals surface area contributed by atoms with Crippen LogP contribution in [0.2, 0.25) is 0 Å². The minimum absolute atomic E-state index is 0.0157. The van der Waals surface area contributed by atoms with E-state index in [1.54, 1.807) is 17.0 Å². The molecule has 0 aliphatic heterocycles. The minimum atomic E-state index is -0.208. The number of amides is 2. The van der Waals surface area contributed by atoms with Gasteiger partial charge in [-0.15, -0.1) is 0 Å². The number of hydrogen-bond acceptors (Lipinski definition) is 3. The van der Waals surface area contributed by atoms with E-state index < -0.39 is 0 Å². The second kappa shape index (κ2) is 8.85. The molecule has 1 N–H and O–H groups in total. The number of carbonyl (C=O) groups is 2. The van der Waals surface area contributed by atoms with E-state index in [0.717, 1.165) is 16.8 Å². The summed E-state index contributed by atoms with van der Waals surface area (Å²) in [6.45, 7) is 2.93. The zero-order valence-electron chi connectivity index (χ0n) is 15.2. The van der Waals surface area contributed by atoms with E-state index in [-0.39, 0.29) is 17.6 Å². The third kappa shape index (κ3) is 4.85. The predicted octanol–water partition coefficient (Wildman–Crippen LogP) is 3.81. The number of nitrogens with one attached hydrogen (secondary N) is 1. The molecule has 0 aliphatic rings. The molecule has 3 rings (SSSR count). The highest BCUT2D eigenvalue weighted by atomic mass is 16.3. The van der Waals surface area contributed by atoms with Crippen molar-refractivity contribution in [2.45, 2.75) is 19.9 Å². The third-order valence-corrected chi connectivity index (χ3v) is 4.15. The first-order valence-electron chi connectivity index (χ1n) is 8.92. The molecule has 5 heteroatoms. The van der Waals surface area contributed by atoms with Crippen molar-refractivity contribution in [1.82, 2.24) is 5.32 Å². The summed E-state index contributed by atoms with van der Waals surface area (Å²) in [6.07, 6.45) is 1.81. The van der Waals surface area contributed by atoms with Crippen LogP contribution in [0.5, 0.6) is 0 Å². The van der Waals surface area contributed by atoms with E-state index in [0.29, 0.717) is 19.5 Å². The molecule has 0 saturated carbocycles. The second-order valence-corrected chi connectivity index (χ2v) is 6.15. The van der Waals surface area contributed by atoms with E-state index in [4.69, 9.17) is 4.42 Å². The van der Waals surface area contributed by atoms with Gasteiger partial charge in [-0.25, -0.2) is 0 Å². The number of carbonyl (C=O) groups excluding carboxylic acids is 2. The van der Waals surface area contributed by atoms with Gasteiger partial charge in [0.15, 0.2) is 5.76 Å². The Morgan fingerprint density at radius 1 is 0.926 bits per heavy atom. The molecule has 2 aromatic carbocycles. The summed E-state index contributed by atoms with van der Waals surface area (Å²) < 4.78 is 5.29. The Morgan fingerprint density at radius 3 is 2.30 bits per heavy atom. The minimum Gasteiger partial charge on any atom is -0.459 e. The normalized spacial score (nSPS) is 10.4. The van der Waals surface area contributed by atoms with Crippen molar-refractivity contribution < 1.29 is 14.0 Å². The van der Waals surface area contributed by atoms with Crippen LogP contribution < -0.4 is 10.2 Å². The number of benzene rings is 2. The summed E-state index contributed by atoms with van der Waals surface area (Å²) in [4.78, 5) is 26.3. The van der Waals surface area contributed by atoms with Gasteiger partial charge in [-0.2, -0.15) is 0 Å². The van der Waals surface area contributed by atoms with Gasteiger partial charge in [0.2, 0.25) is 5.91 Å². The molecule has 2 amide bonds. The SMILES string of the molecule is CCNC(=O)Cc1ccc(N(Cc2ccccc2)C(=O)c2ccco2)cc1. The van der Waals surface area contributed by atoms with Crippen molar-refractivity contribution in [2.24, 2.45) is 0 Å². The van der Waals surface area contributed by atoms with Crippen LogP contribution in [-0.4, -0.2) is 18.4 Å². The monoisotopic (exact) mass is 362 g/mol. The largest absolute Gasteiger partial charge is 0.459 e. The van der Waals surface area contributed by atoms with E-state index in [1.165, 1.54) is 6.26 Å². The number of likely N-dealkylation sites (N-methyl/N-ethyl adjacent to an activating group) is 1. The molecule has 0 unspecified atom stereocenters. The highest BCUT2D eigenvalue weighted by Crippen LogP contribution is 2.21. The molecule has 0 radical (unpaired) electrons. The van der Waals surface area contributed by atoms with Gasteiger partial charge < -0.3 is 14.6 Å². The highest BCUT2D eigenvalue weighted by Gasteiger charge is 2.20. The summed E-state index contributed by atoms with van der Waals surface area (Å²) in [5.41, 5.74) is 2.67. The van der Waals surface area contributed by atoms with Crippen LogP contribution in [0.1, 0.15) is 28.6 Å². The maximum absolute atomic E-state index is 12.9. The topological polar surface area (TPSA) is 62.6 Å². The molecule has 0 saturated heterocycles. The number of rotatable bonds is 7. The first-order valence-corrected chi connectivity index (χ1v) is 8.92. The van der Waals surface area contributed by atoms with E-state index in [9.17, 15) is 9.59 Å². The molecule has 27 heavy (non-hydrogen) atoms. The maximum Gasteiger partial charge on any atom is 0.294 e. The number of nitrogens with zero attached hydrogens (tertiary/aromatic N) is 1. The Kier molecular flexibility index (Phi) is 6.05. The van der Waals surface area contributed by atoms with Crippen molar-refractivity contribution in [2.75, 3.05) is 11.4 Å². The van der Waals surface area contributed by atoms with Crippen molar-refractivity contribution in [3.8, 4) is 0 Å². The van der Waals surface area contributed by atoms with Crippen LogP contribution in [0.25, 0.3) is 0 Å².